The van der Waals surface area contributed by atoms with Gasteiger partial charge in [-0.25, -0.2) is 15.0 Å². The summed E-state index contributed by atoms with van der Waals surface area (Å²) in [4.78, 5) is 15.1. The number of fused-ring (bicyclic) bond motifs is 1. The summed E-state index contributed by atoms with van der Waals surface area (Å²) >= 11 is 3.21. The Morgan fingerprint density at radius 1 is 1.50 bits per heavy atom. The van der Waals surface area contributed by atoms with E-state index in [0.717, 1.165) is 27.0 Å². The molecule has 0 aliphatic heterocycles. The average molecular weight is 279 g/mol. The monoisotopic (exact) mass is 279 g/mol. The van der Waals surface area contributed by atoms with Crippen LogP contribution in [0.1, 0.15) is 13.3 Å². The Kier molecular flexibility index (Phi) is 4.33. The highest BCUT2D eigenvalue weighted by Gasteiger charge is 2.14. The maximum absolute atomic E-state index is 8.69. The lowest BCUT2D eigenvalue weighted by atomic mass is 10.4. The lowest BCUT2D eigenvalue weighted by Crippen LogP contribution is -2.24. The molecule has 0 saturated carbocycles. The van der Waals surface area contributed by atoms with E-state index in [9.17, 15) is 0 Å². The number of nitriles is 1. The second kappa shape index (κ2) is 5.98. The Balaban J connectivity index is 2.42. The van der Waals surface area contributed by atoms with Crippen LogP contribution >= 0.6 is 23.1 Å². The molecule has 0 radical (unpaired) electrons. The molecular formula is C11H13N5S2. The van der Waals surface area contributed by atoms with Crippen LogP contribution in [0.4, 0.5) is 5.82 Å². The summed E-state index contributed by atoms with van der Waals surface area (Å²) in [6.07, 6.45) is 4.03. The fourth-order valence-corrected chi connectivity index (χ4v) is 3.16. The third kappa shape index (κ3) is 2.54. The zero-order valence-corrected chi connectivity index (χ0v) is 11.9. The molecule has 0 N–H and O–H groups in total. The van der Waals surface area contributed by atoms with Gasteiger partial charge < -0.3 is 4.90 Å². The summed E-state index contributed by atoms with van der Waals surface area (Å²) in [5.41, 5.74) is 0.741. The van der Waals surface area contributed by atoms with E-state index in [-0.39, 0.29) is 0 Å². The molecule has 0 saturated heterocycles. The third-order valence-corrected chi connectivity index (χ3v) is 4.53. The number of hydrogen-bond donors (Lipinski definition) is 0. The van der Waals surface area contributed by atoms with E-state index in [1.165, 1.54) is 6.33 Å². The predicted molar refractivity (Wildman–Crippen MR) is 75.1 cm³/mol. The summed E-state index contributed by atoms with van der Waals surface area (Å²) < 4.78 is 1.99. The van der Waals surface area contributed by atoms with Gasteiger partial charge in [0, 0.05) is 13.1 Å². The zero-order valence-electron chi connectivity index (χ0n) is 10.3. The van der Waals surface area contributed by atoms with E-state index in [0.29, 0.717) is 13.0 Å². The van der Waals surface area contributed by atoms with Crippen LogP contribution in [0.3, 0.4) is 0 Å². The molecule has 2 heterocycles. The molecule has 18 heavy (non-hydrogen) atoms. The summed E-state index contributed by atoms with van der Waals surface area (Å²) in [5.74, 6) is 0.885. The van der Waals surface area contributed by atoms with Gasteiger partial charge in [0.15, 0.2) is 15.8 Å². The SMILES string of the molecule is CCN(CCC#N)c1ncnc2nc(SC)sc12. The first-order chi connectivity index (χ1) is 8.80. The van der Waals surface area contributed by atoms with Crippen molar-refractivity contribution in [2.24, 2.45) is 0 Å². The van der Waals surface area contributed by atoms with E-state index in [4.69, 9.17) is 5.26 Å². The molecule has 0 fully saturated rings. The largest absolute Gasteiger partial charge is 0.355 e. The molecular weight excluding hydrogens is 266 g/mol. The Labute approximate surface area is 114 Å². The number of nitrogens with zero attached hydrogens (tertiary/aromatic N) is 5. The van der Waals surface area contributed by atoms with Gasteiger partial charge in [0.05, 0.1) is 12.5 Å². The maximum Gasteiger partial charge on any atom is 0.176 e. The van der Waals surface area contributed by atoms with Crippen LogP contribution < -0.4 is 4.90 Å². The summed E-state index contributed by atoms with van der Waals surface area (Å²) in [7, 11) is 0. The van der Waals surface area contributed by atoms with Crippen molar-refractivity contribution >= 4 is 39.3 Å². The van der Waals surface area contributed by atoms with Gasteiger partial charge in [0.2, 0.25) is 0 Å². The van der Waals surface area contributed by atoms with Crippen LogP contribution in [0.25, 0.3) is 10.3 Å². The van der Waals surface area contributed by atoms with Crippen molar-refractivity contribution in [2.75, 3.05) is 24.2 Å². The van der Waals surface area contributed by atoms with E-state index >= 15 is 0 Å². The molecule has 0 bridgehead atoms. The highest BCUT2D eigenvalue weighted by Crippen LogP contribution is 2.32. The number of rotatable bonds is 5. The van der Waals surface area contributed by atoms with Crippen molar-refractivity contribution < 1.29 is 0 Å². The van der Waals surface area contributed by atoms with Crippen LogP contribution in [0, 0.1) is 11.3 Å². The standard InChI is InChI=1S/C11H13N5S2/c1-3-16(6-4-5-12)10-8-9(13-7-14-10)15-11(17-2)18-8/h7H,3-4,6H2,1-2H3. The van der Waals surface area contributed by atoms with E-state index < -0.39 is 0 Å². The van der Waals surface area contributed by atoms with Gasteiger partial charge in [-0.2, -0.15) is 5.26 Å². The van der Waals surface area contributed by atoms with Gasteiger partial charge in [-0.05, 0) is 13.2 Å². The van der Waals surface area contributed by atoms with Gasteiger partial charge in [0.25, 0.3) is 0 Å². The molecule has 7 heteroatoms. The van der Waals surface area contributed by atoms with Gasteiger partial charge in [0.1, 0.15) is 11.0 Å². The highest BCUT2D eigenvalue weighted by atomic mass is 32.2. The molecule has 0 amide bonds. The topological polar surface area (TPSA) is 65.7 Å². The molecule has 0 aromatic carbocycles. The van der Waals surface area contributed by atoms with Crippen LogP contribution in [0.15, 0.2) is 10.7 Å². The van der Waals surface area contributed by atoms with Gasteiger partial charge in [-0.1, -0.05) is 11.8 Å². The van der Waals surface area contributed by atoms with Crippen molar-refractivity contribution in [1.82, 2.24) is 15.0 Å². The molecule has 2 aromatic heterocycles. The molecule has 2 aromatic rings. The van der Waals surface area contributed by atoms with Crippen LogP contribution in [0.5, 0.6) is 0 Å². The predicted octanol–water partition coefficient (Wildman–Crippen LogP) is 2.55. The number of aromatic nitrogens is 3. The maximum atomic E-state index is 8.69. The van der Waals surface area contributed by atoms with E-state index in [2.05, 4.69) is 32.8 Å². The minimum absolute atomic E-state index is 0.494. The van der Waals surface area contributed by atoms with Crippen molar-refractivity contribution in [3.05, 3.63) is 6.33 Å². The average Bonchev–Trinajstić information content (AvgIpc) is 2.83. The summed E-state index contributed by atoms with van der Waals surface area (Å²) in [6.45, 7) is 3.56. The first kappa shape index (κ1) is 13.1. The molecule has 0 unspecified atom stereocenters. The summed E-state index contributed by atoms with van der Waals surface area (Å²) in [5, 5.41) is 8.69. The molecule has 5 nitrogen and oxygen atoms in total. The van der Waals surface area contributed by atoms with Gasteiger partial charge >= 0.3 is 0 Å². The molecule has 94 valence electrons. The quantitative estimate of drug-likeness (QED) is 0.784. The van der Waals surface area contributed by atoms with Crippen LogP contribution in [-0.2, 0) is 0 Å². The molecule has 0 aliphatic rings. The fourth-order valence-electron chi connectivity index (χ4n) is 1.63. The minimum Gasteiger partial charge on any atom is -0.355 e. The van der Waals surface area contributed by atoms with Crippen LogP contribution in [-0.4, -0.2) is 34.3 Å². The van der Waals surface area contributed by atoms with E-state index in [1.807, 2.05) is 6.26 Å². The Morgan fingerprint density at radius 2 is 2.33 bits per heavy atom. The molecule has 2 rings (SSSR count). The number of anilines is 1. The lowest BCUT2D eigenvalue weighted by Gasteiger charge is -2.20. The number of thioether (sulfide) groups is 1. The normalized spacial score (nSPS) is 10.5. The second-order valence-corrected chi connectivity index (χ2v) is 5.57. The highest BCUT2D eigenvalue weighted by molar-refractivity contribution is 8.00. The molecule has 0 spiro atoms. The fraction of sp³-hybridized carbons (Fsp3) is 0.455. The first-order valence-electron chi connectivity index (χ1n) is 5.57. The minimum atomic E-state index is 0.494. The zero-order chi connectivity index (χ0) is 13.0. The smallest absolute Gasteiger partial charge is 0.176 e. The Bertz CT molecular complexity index is 574. The van der Waals surface area contributed by atoms with Crippen LogP contribution in [0.2, 0.25) is 0 Å². The lowest BCUT2D eigenvalue weighted by molar-refractivity contribution is 0.814. The first-order valence-corrected chi connectivity index (χ1v) is 7.61. The van der Waals surface area contributed by atoms with Crippen molar-refractivity contribution in [1.29, 1.82) is 5.26 Å². The van der Waals surface area contributed by atoms with Crippen molar-refractivity contribution in [3.63, 3.8) is 0 Å². The summed E-state index contributed by atoms with van der Waals surface area (Å²) in [6, 6.07) is 2.17. The Hall–Kier alpha value is -1.39. The van der Waals surface area contributed by atoms with E-state index in [1.54, 1.807) is 23.1 Å². The Morgan fingerprint density at radius 3 is 3.00 bits per heavy atom. The number of hydrogen-bond acceptors (Lipinski definition) is 7. The molecule has 0 atom stereocenters. The van der Waals surface area contributed by atoms with Gasteiger partial charge in [-0.3, -0.25) is 0 Å². The number of thiazole rings is 1. The van der Waals surface area contributed by atoms with Gasteiger partial charge in [-0.15, -0.1) is 11.3 Å². The second-order valence-electron chi connectivity index (χ2n) is 3.52. The third-order valence-electron chi connectivity index (χ3n) is 2.50. The van der Waals surface area contributed by atoms with Crippen molar-refractivity contribution in [2.45, 2.75) is 17.7 Å². The van der Waals surface area contributed by atoms with Crippen molar-refractivity contribution in [3.8, 4) is 6.07 Å². The molecule has 0 aliphatic carbocycles.